The third-order valence-corrected chi connectivity index (χ3v) is 12.6. The summed E-state index contributed by atoms with van der Waals surface area (Å²) in [5, 5.41) is 8.98. The molecule has 61 heavy (non-hydrogen) atoms. The van der Waals surface area contributed by atoms with Crippen molar-refractivity contribution >= 4 is 93.9 Å². The first-order valence-electron chi connectivity index (χ1n) is 20.8. The number of benzene rings is 9. The zero-order valence-electron chi connectivity index (χ0n) is 32.9. The van der Waals surface area contributed by atoms with Gasteiger partial charge in [0.15, 0.2) is 5.58 Å². The van der Waals surface area contributed by atoms with Gasteiger partial charge < -0.3 is 23.4 Å². The summed E-state index contributed by atoms with van der Waals surface area (Å²) in [7, 11) is 0. The van der Waals surface area contributed by atoms with Gasteiger partial charge in [0.1, 0.15) is 28.6 Å². The number of anilines is 5. The van der Waals surface area contributed by atoms with E-state index in [-0.39, 0.29) is 12.0 Å². The molecule has 0 saturated carbocycles. The SMILES string of the molecule is C1=CC2c3ccccc3OC2C(N(c2ccccc2)c2ccc3c(ccc4oc5ccc6cc(N(c7ccccc7)c7cccc8c7oc7ccccc78)ccc6c5c43)c2)=C1. The van der Waals surface area contributed by atoms with Crippen LogP contribution < -0.4 is 14.5 Å². The minimum absolute atomic E-state index is 0.140. The van der Waals surface area contributed by atoms with Crippen LogP contribution in [0.4, 0.5) is 28.4 Å². The molecule has 0 saturated heterocycles. The summed E-state index contributed by atoms with van der Waals surface area (Å²) < 4.78 is 19.9. The van der Waals surface area contributed by atoms with Crippen molar-refractivity contribution in [2.45, 2.75) is 12.0 Å². The third kappa shape index (κ3) is 5.20. The molecule has 0 fully saturated rings. The van der Waals surface area contributed by atoms with E-state index in [1.165, 1.54) is 5.56 Å². The Balaban J connectivity index is 0.956. The number of furan rings is 2. The molecule has 5 nitrogen and oxygen atoms in total. The van der Waals surface area contributed by atoms with Crippen LogP contribution in [0.15, 0.2) is 221 Å². The van der Waals surface area contributed by atoms with Crippen molar-refractivity contribution < 1.29 is 13.6 Å². The topological polar surface area (TPSA) is 42.0 Å². The van der Waals surface area contributed by atoms with E-state index in [0.717, 1.165) is 105 Å². The highest BCUT2D eigenvalue weighted by molar-refractivity contribution is 6.27. The zero-order valence-corrected chi connectivity index (χ0v) is 32.9. The van der Waals surface area contributed by atoms with E-state index in [2.05, 4.69) is 198 Å². The average Bonchev–Trinajstić information content (AvgIpc) is 4.02. The van der Waals surface area contributed by atoms with Gasteiger partial charge in [-0.1, -0.05) is 121 Å². The first-order valence-corrected chi connectivity index (χ1v) is 20.8. The van der Waals surface area contributed by atoms with Gasteiger partial charge in [-0.15, -0.1) is 0 Å². The van der Waals surface area contributed by atoms with Crippen LogP contribution in [0.5, 0.6) is 5.75 Å². The number of nitrogens with zero attached hydrogens (tertiary/aromatic N) is 2. The second-order valence-corrected chi connectivity index (χ2v) is 16.0. The molecule has 2 aromatic heterocycles. The van der Waals surface area contributed by atoms with Crippen molar-refractivity contribution in [3.63, 3.8) is 0 Å². The first-order chi connectivity index (χ1) is 30.2. The minimum atomic E-state index is -0.140. The first kappa shape index (κ1) is 33.9. The third-order valence-electron chi connectivity index (χ3n) is 12.6. The molecule has 13 rings (SSSR count). The second kappa shape index (κ2) is 13.2. The smallest absolute Gasteiger partial charge is 0.159 e. The van der Waals surface area contributed by atoms with Crippen molar-refractivity contribution in [3.8, 4) is 5.75 Å². The van der Waals surface area contributed by atoms with Crippen molar-refractivity contribution in [2.75, 3.05) is 9.80 Å². The number of fused-ring (bicyclic) bond motifs is 13. The van der Waals surface area contributed by atoms with E-state index in [1.807, 2.05) is 18.2 Å². The van der Waals surface area contributed by atoms with Crippen LogP contribution in [-0.4, -0.2) is 6.10 Å². The van der Waals surface area contributed by atoms with E-state index >= 15 is 0 Å². The monoisotopic (exact) mass is 784 g/mol. The Kier molecular flexibility index (Phi) is 7.36. The molecule has 5 heteroatoms. The molecule has 3 heterocycles. The lowest BCUT2D eigenvalue weighted by atomic mass is 9.89. The van der Waals surface area contributed by atoms with Crippen molar-refractivity contribution in [1.29, 1.82) is 0 Å². The second-order valence-electron chi connectivity index (χ2n) is 16.0. The van der Waals surface area contributed by atoms with Gasteiger partial charge in [-0.05, 0) is 106 Å². The van der Waals surface area contributed by atoms with Crippen LogP contribution in [-0.2, 0) is 0 Å². The van der Waals surface area contributed by atoms with E-state index in [4.69, 9.17) is 13.6 Å². The van der Waals surface area contributed by atoms with E-state index < -0.39 is 0 Å². The molecule has 0 amide bonds. The molecule has 0 N–H and O–H groups in total. The van der Waals surface area contributed by atoms with Crippen molar-refractivity contribution in [2.24, 2.45) is 0 Å². The van der Waals surface area contributed by atoms with Crippen LogP contribution in [0.3, 0.4) is 0 Å². The minimum Gasteiger partial charge on any atom is -0.483 e. The summed E-state index contributed by atoms with van der Waals surface area (Å²) in [5.74, 6) is 1.10. The lowest BCUT2D eigenvalue weighted by Gasteiger charge is -2.34. The van der Waals surface area contributed by atoms with Crippen LogP contribution >= 0.6 is 0 Å². The van der Waals surface area contributed by atoms with E-state index in [0.29, 0.717) is 0 Å². The number of hydrogen-bond acceptors (Lipinski definition) is 5. The van der Waals surface area contributed by atoms with Crippen molar-refractivity contribution in [3.05, 3.63) is 218 Å². The Hall–Kier alpha value is -8.02. The van der Waals surface area contributed by atoms with Gasteiger partial charge in [0.25, 0.3) is 0 Å². The fraction of sp³-hybridized carbons (Fsp3) is 0.0357. The van der Waals surface area contributed by atoms with E-state index in [1.54, 1.807) is 0 Å². The Labute approximate surface area is 351 Å². The maximum absolute atomic E-state index is 6.69. The Bertz CT molecular complexity index is 3600. The summed E-state index contributed by atoms with van der Waals surface area (Å²) in [4.78, 5) is 4.65. The standard InChI is InChI=1S/C56H36N2O3/c1-3-13-37(14-4-1)57(47-21-11-19-45-43-17-7-9-23-49(43)60-55(45)47)39-27-29-41-35(33-39)25-31-51-53(41)54-42-30-28-40(34-36(42)26-32-52(54)59-51)58(38-15-5-2-6-16-38)48-22-12-20-46-44-18-8-10-24-50(44)61-56(46)48/h1-34,45,55H. The Morgan fingerprint density at radius 3 is 1.79 bits per heavy atom. The fourth-order valence-corrected chi connectivity index (χ4v) is 9.87. The predicted octanol–water partition coefficient (Wildman–Crippen LogP) is 15.4. The van der Waals surface area contributed by atoms with Crippen LogP contribution in [0.25, 0.3) is 65.4 Å². The average molecular weight is 785 g/mol. The quantitative estimate of drug-likeness (QED) is 0.168. The highest BCUT2D eigenvalue weighted by atomic mass is 16.5. The summed E-state index contributed by atoms with van der Waals surface area (Å²) in [6, 6.07) is 66.4. The maximum atomic E-state index is 6.69. The Morgan fingerprint density at radius 2 is 1.05 bits per heavy atom. The molecular formula is C56H36N2O3. The Morgan fingerprint density at radius 1 is 0.426 bits per heavy atom. The number of ether oxygens (including phenoxy) is 1. The van der Waals surface area contributed by atoms with Crippen LogP contribution in [0.1, 0.15) is 11.5 Å². The molecule has 0 spiro atoms. The predicted molar refractivity (Wildman–Crippen MR) is 250 cm³/mol. The molecule has 9 aromatic carbocycles. The maximum Gasteiger partial charge on any atom is 0.159 e. The highest BCUT2D eigenvalue weighted by Gasteiger charge is 2.39. The highest BCUT2D eigenvalue weighted by Crippen LogP contribution is 2.48. The number of allylic oxidation sites excluding steroid dienone is 2. The molecule has 2 atom stereocenters. The lowest BCUT2D eigenvalue weighted by molar-refractivity contribution is 0.253. The van der Waals surface area contributed by atoms with Gasteiger partial charge in [0.05, 0.1) is 11.4 Å². The summed E-state index contributed by atoms with van der Waals surface area (Å²) in [5.41, 5.74) is 11.0. The number of rotatable bonds is 6. The summed E-state index contributed by atoms with van der Waals surface area (Å²) in [6.45, 7) is 0. The fourth-order valence-electron chi connectivity index (χ4n) is 9.87. The molecule has 0 bridgehead atoms. The molecule has 11 aromatic rings. The molecule has 0 radical (unpaired) electrons. The largest absolute Gasteiger partial charge is 0.483 e. The molecule has 1 aliphatic heterocycles. The normalized spacial score (nSPS) is 15.7. The van der Waals surface area contributed by atoms with Gasteiger partial charge in [-0.3, -0.25) is 0 Å². The van der Waals surface area contributed by atoms with Gasteiger partial charge >= 0.3 is 0 Å². The van der Waals surface area contributed by atoms with Crippen molar-refractivity contribution in [1.82, 2.24) is 0 Å². The summed E-state index contributed by atoms with van der Waals surface area (Å²) in [6.07, 6.45) is 6.50. The molecule has 2 unspecified atom stereocenters. The van der Waals surface area contributed by atoms with Gasteiger partial charge in [0.2, 0.25) is 0 Å². The zero-order chi connectivity index (χ0) is 40.0. The summed E-state index contributed by atoms with van der Waals surface area (Å²) >= 11 is 0. The van der Waals surface area contributed by atoms with Gasteiger partial charge in [0, 0.05) is 55.8 Å². The molecule has 2 aliphatic rings. The van der Waals surface area contributed by atoms with Crippen LogP contribution in [0, 0.1) is 0 Å². The van der Waals surface area contributed by atoms with Gasteiger partial charge in [-0.25, -0.2) is 0 Å². The number of hydrogen-bond donors (Lipinski definition) is 0. The molecule has 1 aliphatic carbocycles. The van der Waals surface area contributed by atoms with Gasteiger partial charge in [-0.2, -0.15) is 0 Å². The number of para-hydroxylation sites is 5. The molecule has 288 valence electrons. The lowest BCUT2D eigenvalue weighted by Crippen LogP contribution is -2.32. The van der Waals surface area contributed by atoms with E-state index in [9.17, 15) is 0 Å². The molecular weight excluding hydrogens is 749 g/mol. The van der Waals surface area contributed by atoms with Crippen LogP contribution in [0.2, 0.25) is 0 Å².